The molecule has 1 rings (SSSR count). The predicted octanol–water partition coefficient (Wildman–Crippen LogP) is 1.72. The van der Waals surface area contributed by atoms with Gasteiger partial charge >= 0.3 is 0 Å². The number of hydrazine groups is 1. The van der Waals surface area contributed by atoms with Crippen LogP contribution in [0.4, 0.5) is 5.82 Å². The highest BCUT2D eigenvalue weighted by Gasteiger charge is 2.08. The van der Waals surface area contributed by atoms with E-state index in [0.717, 1.165) is 25.1 Å². The number of nitrogens with zero attached hydrogens (tertiary/aromatic N) is 1. The summed E-state index contributed by atoms with van der Waals surface area (Å²) in [6.07, 6.45) is 1.78. The number of carbonyl (C=O) groups is 1. The first-order valence-corrected chi connectivity index (χ1v) is 7.40. The number of hydrogen-bond donors (Lipinski definition) is 3. The van der Waals surface area contributed by atoms with Crippen LogP contribution in [0, 0.1) is 5.92 Å². The van der Waals surface area contributed by atoms with Gasteiger partial charge in [-0.05, 0) is 30.9 Å². The molecule has 0 aliphatic heterocycles. The van der Waals surface area contributed by atoms with Crippen molar-refractivity contribution in [3.8, 4) is 0 Å². The van der Waals surface area contributed by atoms with Gasteiger partial charge in [-0.25, -0.2) is 10.8 Å². The maximum Gasteiger partial charge on any atom is 0.251 e. The quantitative estimate of drug-likeness (QED) is 0.366. The first-order chi connectivity index (χ1) is 10.1. The molecular weight excluding hydrogens is 268 g/mol. The molecule has 0 saturated carbocycles. The monoisotopic (exact) mass is 294 g/mol. The second-order valence-corrected chi connectivity index (χ2v) is 5.28. The summed E-state index contributed by atoms with van der Waals surface area (Å²) in [7, 11) is 0. The van der Waals surface area contributed by atoms with Crippen molar-refractivity contribution >= 4 is 11.7 Å². The zero-order valence-electron chi connectivity index (χ0n) is 13.1. The summed E-state index contributed by atoms with van der Waals surface area (Å²) >= 11 is 0. The average Bonchev–Trinajstić information content (AvgIpc) is 2.49. The van der Waals surface area contributed by atoms with Crippen LogP contribution in [0.2, 0.25) is 0 Å². The van der Waals surface area contributed by atoms with Crippen LogP contribution in [-0.4, -0.2) is 30.6 Å². The van der Waals surface area contributed by atoms with Gasteiger partial charge < -0.3 is 15.5 Å². The minimum atomic E-state index is -0.143. The Morgan fingerprint density at radius 2 is 2.14 bits per heavy atom. The van der Waals surface area contributed by atoms with Gasteiger partial charge in [0.2, 0.25) is 0 Å². The van der Waals surface area contributed by atoms with Crippen LogP contribution in [0.3, 0.4) is 0 Å². The molecule has 0 radical (unpaired) electrons. The molecule has 0 spiro atoms. The van der Waals surface area contributed by atoms with Gasteiger partial charge in [-0.3, -0.25) is 4.79 Å². The zero-order chi connectivity index (χ0) is 15.7. The maximum absolute atomic E-state index is 12.1. The van der Waals surface area contributed by atoms with E-state index in [1.165, 1.54) is 0 Å². The standard InChI is InChI=1S/C15H26N4O2/c1-4-13-9-12(10-14(18-13)19-16)15(20)17-6-8-21-7-5-11(2)3/h9-11H,4-8,16H2,1-3H3,(H,17,20)(H,18,19). The Morgan fingerprint density at radius 1 is 1.38 bits per heavy atom. The molecule has 0 saturated heterocycles. The molecule has 0 atom stereocenters. The third-order valence-electron chi connectivity index (χ3n) is 3.02. The number of ether oxygens (including phenoxy) is 1. The highest BCUT2D eigenvalue weighted by Crippen LogP contribution is 2.10. The average molecular weight is 294 g/mol. The van der Waals surface area contributed by atoms with Crippen LogP contribution in [0.1, 0.15) is 43.2 Å². The van der Waals surface area contributed by atoms with Gasteiger partial charge in [0.25, 0.3) is 5.91 Å². The van der Waals surface area contributed by atoms with Crippen LogP contribution in [-0.2, 0) is 11.2 Å². The molecule has 1 aromatic heterocycles. The van der Waals surface area contributed by atoms with E-state index >= 15 is 0 Å². The third kappa shape index (κ3) is 6.55. The molecule has 1 heterocycles. The van der Waals surface area contributed by atoms with Crippen LogP contribution in [0.5, 0.6) is 0 Å². The number of anilines is 1. The largest absolute Gasteiger partial charge is 0.380 e. The van der Waals surface area contributed by atoms with Gasteiger partial charge in [0.15, 0.2) is 0 Å². The fourth-order valence-corrected chi connectivity index (χ4v) is 1.73. The van der Waals surface area contributed by atoms with Crippen LogP contribution < -0.4 is 16.6 Å². The lowest BCUT2D eigenvalue weighted by Crippen LogP contribution is -2.28. The summed E-state index contributed by atoms with van der Waals surface area (Å²) in [6.45, 7) is 8.03. The molecule has 0 aliphatic rings. The van der Waals surface area contributed by atoms with Gasteiger partial charge in [0.1, 0.15) is 5.82 Å². The number of nitrogens with two attached hydrogens (primary N) is 1. The lowest BCUT2D eigenvalue weighted by Gasteiger charge is -2.09. The van der Waals surface area contributed by atoms with E-state index in [1.54, 1.807) is 12.1 Å². The molecule has 6 heteroatoms. The number of aryl methyl sites for hydroxylation is 1. The number of pyridine rings is 1. The summed E-state index contributed by atoms with van der Waals surface area (Å²) in [5.74, 6) is 6.34. The van der Waals surface area contributed by atoms with Gasteiger partial charge in [0.05, 0.1) is 6.61 Å². The van der Waals surface area contributed by atoms with Gasteiger partial charge in [0, 0.05) is 24.4 Å². The van der Waals surface area contributed by atoms with Gasteiger partial charge in [-0.1, -0.05) is 20.8 Å². The van der Waals surface area contributed by atoms with Crippen LogP contribution in [0.25, 0.3) is 0 Å². The van der Waals surface area contributed by atoms with Crippen LogP contribution >= 0.6 is 0 Å². The molecule has 0 fully saturated rings. The van der Waals surface area contributed by atoms with Crippen molar-refractivity contribution in [1.82, 2.24) is 10.3 Å². The van der Waals surface area contributed by atoms with Crippen molar-refractivity contribution in [3.63, 3.8) is 0 Å². The highest BCUT2D eigenvalue weighted by atomic mass is 16.5. The van der Waals surface area contributed by atoms with Crippen molar-refractivity contribution in [3.05, 3.63) is 23.4 Å². The lowest BCUT2D eigenvalue weighted by atomic mass is 10.1. The minimum absolute atomic E-state index is 0.143. The fraction of sp³-hybridized carbons (Fsp3) is 0.600. The first-order valence-electron chi connectivity index (χ1n) is 7.40. The Kier molecular flexibility index (Phi) is 7.71. The van der Waals surface area contributed by atoms with Crippen molar-refractivity contribution < 1.29 is 9.53 Å². The number of rotatable bonds is 9. The summed E-state index contributed by atoms with van der Waals surface area (Å²) in [5, 5.41) is 2.83. The van der Waals surface area contributed by atoms with Gasteiger partial charge in [-0.15, -0.1) is 0 Å². The zero-order valence-corrected chi connectivity index (χ0v) is 13.1. The maximum atomic E-state index is 12.1. The normalized spacial score (nSPS) is 10.7. The molecule has 4 N–H and O–H groups in total. The third-order valence-corrected chi connectivity index (χ3v) is 3.02. The Bertz CT molecular complexity index is 427. The summed E-state index contributed by atoms with van der Waals surface area (Å²) in [6, 6.07) is 3.41. The predicted molar refractivity (Wildman–Crippen MR) is 84.0 cm³/mol. The van der Waals surface area contributed by atoms with E-state index < -0.39 is 0 Å². The first kappa shape index (κ1) is 17.4. The molecule has 1 aromatic rings. The highest BCUT2D eigenvalue weighted by molar-refractivity contribution is 5.94. The molecule has 118 valence electrons. The van der Waals surface area contributed by atoms with Crippen molar-refractivity contribution in [2.75, 3.05) is 25.2 Å². The fourth-order valence-electron chi connectivity index (χ4n) is 1.73. The molecule has 0 aliphatic carbocycles. The van der Waals surface area contributed by atoms with E-state index in [0.29, 0.717) is 30.5 Å². The molecule has 0 aromatic carbocycles. The number of hydrogen-bond acceptors (Lipinski definition) is 5. The number of nitrogen functional groups attached to an aromatic ring is 1. The summed E-state index contributed by atoms with van der Waals surface area (Å²) < 4.78 is 5.46. The molecule has 21 heavy (non-hydrogen) atoms. The Balaban J connectivity index is 2.41. The van der Waals surface area contributed by atoms with E-state index in [1.807, 2.05) is 6.92 Å². The summed E-state index contributed by atoms with van der Waals surface area (Å²) in [5.41, 5.74) is 3.85. The van der Waals surface area contributed by atoms with E-state index in [2.05, 4.69) is 29.6 Å². The Morgan fingerprint density at radius 3 is 2.76 bits per heavy atom. The molecule has 6 nitrogen and oxygen atoms in total. The number of aromatic nitrogens is 1. The second kappa shape index (κ2) is 9.31. The number of nitrogens with one attached hydrogen (secondary N) is 2. The second-order valence-electron chi connectivity index (χ2n) is 5.28. The molecular formula is C15H26N4O2. The lowest BCUT2D eigenvalue weighted by molar-refractivity contribution is 0.0905. The van der Waals surface area contributed by atoms with Crippen molar-refractivity contribution in [2.45, 2.75) is 33.6 Å². The number of amides is 1. The van der Waals surface area contributed by atoms with Gasteiger partial charge in [-0.2, -0.15) is 0 Å². The SMILES string of the molecule is CCc1cc(C(=O)NCCOCCC(C)C)cc(NN)n1. The van der Waals surface area contributed by atoms with E-state index in [4.69, 9.17) is 10.6 Å². The van der Waals surface area contributed by atoms with E-state index in [9.17, 15) is 4.79 Å². The van der Waals surface area contributed by atoms with E-state index in [-0.39, 0.29) is 5.91 Å². The smallest absolute Gasteiger partial charge is 0.251 e. The Hall–Kier alpha value is -1.66. The topological polar surface area (TPSA) is 89.3 Å². The molecule has 0 bridgehead atoms. The van der Waals surface area contributed by atoms with Crippen LogP contribution in [0.15, 0.2) is 12.1 Å². The summed E-state index contributed by atoms with van der Waals surface area (Å²) in [4.78, 5) is 16.3. The molecule has 0 unspecified atom stereocenters. The minimum Gasteiger partial charge on any atom is -0.380 e. The van der Waals surface area contributed by atoms with Crippen molar-refractivity contribution in [1.29, 1.82) is 0 Å². The Labute approximate surface area is 126 Å². The molecule has 1 amide bonds. The van der Waals surface area contributed by atoms with Crippen molar-refractivity contribution in [2.24, 2.45) is 11.8 Å². The number of carbonyl (C=O) groups excluding carboxylic acids is 1.